The molecule has 0 spiro atoms. The van der Waals surface area contributed by atoms with Crippen LogP contribution in [0.4, 0.5) is 0 Å². The van der Waals surface area contributed by atoms with Crippen LogP contribution < -0.4 is 0 Å². The van der Waals surface area contributed by atoms with Gasteiger partial charge in [0.05, 0.1) is 12.2 Å². The van der Waals surface area contributed by atoms with Gasteiger partial charge in [-0.1, -0.05) is 0 Å². The number of nitrogens with zero attached hydrogens (tertiary/aromatic N) is 4. The van der Waals surface area contributed by atoms with Gasteiger partial charge < -0.3 is 4.98 Å². The molecule has 0 atom stereocenters. The Balaban J connectivity index is 1.48. The number of hydrogen-bond donors (Lipinski definition) is 1. The second-order valence-electron chi connectivity index (χ2n) is 5.90. The highest BCUT2D eigenvalue weighted by atomic mass is 15.2. The molecule has 1 saturated carbocycles. The zero-order valence-electron chi connectivity index (χ0n) is 11.5. The van der Waals surface area contributed by atoms with Crippen molar-refractivity contribution in [3.8, 4) is 0 Å². The van der Waals surface area contributed by atoms with Gasteiger partial charge in [0.15, 0.2) is 0 Å². The van der Waals surface area contributed by atoms with E-state index in [4.69, 9.17) is 4.98 Å². The first-order valence-electron chi connectivity index (χ1n) is 7.41. The van der Waals surface area contributed by atoms with Crippen LogP contribution in [0.2, 0.25) is 0 Å². The number of H-pyrrole nitrogens is 1. The average molecular weight is 269 g/mol. The predicted molar refractivity (Wildman–Crippen MR) is 74.9 cm³/mol. The van der Waals surface area contributed by atoms with Crippen molar-refractivity contribution in [1.82, 2.24) is 24.8 Å². The average Bonchev–Trinajstić information content (AvgIpc) is 3.12. The molecule has 1 N–H and O–H groups in total. The van der Waals surface area contributed by atoms with Gasteiger partial charge in [0.1, 0.15) is 11.6 Å². The second-order valence-corrected chi connectivity index (χ2v) is 5.90. The van der Waals surface area contributed by atoms with Crippen LogP contribution in [0, 0.1) is 5.92 Å². The van der Waals surface area contributed by atoms with E-state index in [9.17, 15) is 0 Å². The van der Waals surface area contributed by atoms with Gasteiger partial charge in [0.2, 0.25) is 0 Å². The zero-order valence-corrected chi connectivity index (χ0v) is 11.5. The van der Waals surface area contributed by atoms with E-state index in [1.54, 1.807) is 0 Å². The number of aromatic amines is 1. The van der Waals surface area contributed by atoms with Crippen LogP contribution in [0.3, 0.4) is 0 Å². The molecule has 0 unspecified atom stereocenters. The monoisotopic (exact) mass is 269 g/mol. The fourth-order valence-corrected chi connectivity index (χ4v) is 2.81. The van der Waals surface area contributed by atoms with E-state index in [1.165, 1.54) is 24.1 Å². The van der Waals surface area contributed by atoms with Gasteiger partial charge in [0.25, 0.3) is 0 Å². The van der Waals surface area contributed by atoms with Crippen LogP contribution >= 0.6 is 0 Å². The lowest BCUT2D eigenvalue weighted by atomic mass is 10.1. The standard InChI is InChI=1S/C15H19N5/c1-2-11(1)7-14-18-8-12-3-6-20(9-13(12)19-14)10-15-16-4-5-17-15/h4-5,8,11H,1-3,6-7,9-10H2,(H,16,17). The molecule has 3 heterocycles. The van der Waals surface area contributed by atoms with Crippen LogP contribution in [0.1, 0.15) is 35.7 Å². The lowest BCUT2D eigenvalue weighted by Crippen LogP contribution is -2.31. The van der Waals surface area contributed by atoms with Gasteiger partial charge in [-0.25, -0.2) is 15.0 Å². The third-order valence-corrected chi connectivity index (χ3v) is 4.17. The Morgan fingerprint density at radius 3 is 3.05 bits per heavy atom. The molecule has 0 aromatic carbocycles. The van der Waals surface area contributed by atoms with Crippen molar-refractivity contribution < 1.29 is 0 Å². The first-order chi connectivity index (χ1) is 9.87. The third kappa shape index (κ3) is 2.58. The molecule has 1 fully saturated rings. The van der Waals surface area contributed by atoms with Crippen LogP contribution in [-0.4, -0.2) is 31.4 Å². The van der Waals surface area contributed by atoms with E-state index in [1.807, 2.05) is 18.6 Å². The maximum atomic E-state index is 4.79. The Labute approximate surface area is 118 Å². The van der Waals surface area contributed by atoms with Crippen LogP contribution in [0.15, 0.2) is 18.6 Å². The molecule has 0 bridgehead atoms. The molecular formula is C15H19N5. The SMILES string of the molecule is c1c[nH]c(CN2CCc3cnc(CC4CC4)nc3C2)n1. The molecule has 0 radical (unpaired) electrons. The molecule has 2 aromatic rings. The normalized spacial score (nSPS) is 19.0. The Morgan fingerprint density at radius 2 is 2.25 bits per heavy atom. The van der Waals surface area contributed by atoms with Gasteiger partial charge in [-0.15, -0.1) is 0 Å². The van der Waals surface area contributed by atoms with Gasteiger partial charge in [-0.2, -0.15) is 0 Å². The third-order valence-electron chi connectivity index (χ3n) is 4.17. The van der Waals surface area contributed by atoms with Gasteiger partial charge in [0, 0.05) is 38.1 Å². The maximum Gasteiger partial charge on any atom is 0.128 e. The van der Waals surface area contributed by atoms with Crippen molar-refractivity contribution in [2.45, 2.75) is 38.8 Å². The zero-order chi connectivity index (χ0) is 13.4. The number of imidazole rings is 1. The van der Waals surface area contributed by atoms with Gasteiger partial charge >= 0.3 is 0 Å². The molecule has 1 aliphatic carbocycles. The Kier molecular flexibility index (Phi) is 2.99. The van der Waals surface area contributed by atoms with E-state index < -0.39 is 0 Å². The molecule has 0 amide bonds. The van der Waals surface area contributed by atoms with Crippen molar-refractivity contribution in [2.75, 3.05) is 6.54 Å². The lowest BCUT2D eigenvalue weighted by Gasteiger charge is -2.27. The van der Waals surface area contributed by atoms with Crippen LogP contribution in [-0.2, 0) is 25.9 Å². The minimum absolute atomic E-state index is 0.843. The summed E-state index contributed by atoms with van der Waals surface area (Å²) in [4.78, 5) is 19.2. The summed E-state index contributed by atoms with van der Waals surface area (Å²) < 4.78 is 0. The number of nitrogens with one attached hydrogen (secondary N) is 1. The number of hydrogen-bond acceptors (Lipinski definition) is 4. The lowest BCUT2D eigenvalue weighted by molar-refractivity contribution is 0.235. The minimum Gasteiger partial charge on any atom is -0.348 e. The smallest absolute Gasteiger partial charge is 0.128 e. The molecule has 2 aliphatic rings. The van der Waals surface area contributed by atoms with Crippen molar-refractivity contribution >= 4 is 0 Å². The molecule has 5 nitrogen and oxygen atoms in total. The van der Waals surface area contributed by atoms with Crippen molar-refractivity contribution in [1.29, 1.82) is 0 Å². The highest BCUT2D eigenvalue weighted by Gasteiger charge is 2.24. The molecule has 20 heavy (non-hydrogen) atoms. The Morgan fingerprint density at radius 1 is 1.30 bits per heavy atom. The molecule has 104 valence electrons. The molecule has 4 rings (SSSR count). The largest absolute Gasteiger partial charge is 0.348 e. The van der Waals surface area contributed by atoms with Gasteiger partial charge in [-0.3, -0.25) is 4.90 Å². The summed E-state index contributed by atoms with van der Waals surface area (Å²) in [5.41, 5.74) is 2.54. The quantitative estimate of drug-likeness (QED) is 0.918. The Hall–Kier alpha value is -1.75. The first kappa shape index (κ1) is 12.0. The van der Waals surface area contributed by atoms with Gasteiger partial charge in [-0.05, 0) is 30.7 Å². The first-order valence-corrected chi connectivity index (χ1v) is 7.41. The fraction of sp³-hybridized carbons (Fsp3) is 0.533. The number of rotatable bonds is 4. The topological polar surface area (TPSA) is 57.7 Å². The van der Waals surface area contributed by atoms with Crippen molar-refractivity contribution in [2.24, 2.45) is 5.92 Å². The molecular weight excluding hydrogens is 250 g/mol. The second kappa shape index (κ2) is 4.98. The summed E-state index contributed by atoms with van der Waals surface area (Å²) in [6, 6.07) is 0. The molecule has 0 saturated heterocycles. The van der Waals surface area contributed by atoms with Crippen molar-refractivity contribution in [3.05, 3.63) is 41.5 Å². The summed E-state index contributed by atoms with van der Waals surface area (Å²) in [6.07, 6.45) is 10.5. The van der Waals surface area contributed by atoms with E-state index in [0.29, 0.717) is 0 Å². The van der Waals surface area contributed by atoms with E-state index in [-0.39, 0.29) is 0 Å². The minimum atomic E-state index is 0.843. The number of aromatic nitrogens is 4. The molecule has 5 heteroatoms. The predicted octanol–water partition coefficient (Wildman–Crippen LogP) is 1.71. The highest BCUT2D eigenvalue weighted by Crippen LogP contribution is 2.32. The van der Waals surface area contributed by atoms with E-state index in [0.717, 1.165) is 50.0 Å². The number of fused-ring (bicyclic) bond motifs is 1. The molecule has 1 aliphatic heterocycles. The summed E-state index contributed by atoms with van der Waals surface area (Å²) in [5, 5.41) is 0. The van der Waals surface area contributed by atoms with E-state index >= 15 is 0 Å². The summed E-state index contributed by atoms with van der Waals surface area (Å²) in [6.45, 7) is 2.84. The van der Waals surface area contributed by atoms with Crippen LogP contribution in [0.25, 0.3) is 0 Å². The summed E-state index contributed by atoms with van der Waals surface area (Å²) in [5.74, 6) is 2.91. The summed E-state index contributed by atoms with van der Waals surface area (Å²) in [7, 11) is 0. The van der Waals surface area contributed by atoms with Crippen molar-refractivity contribution in [3.63, 3.8) is 0 Å². The summed E-state index contributed by atoms with van der Waals surface area (Å²) >= 11 is 0. The fourth-order valence-electron chi connectivity index (χ4n) is 2.81. The highest BCUT2D eigenvalue weighted by molar-refractivity contribution is 5.21. The van der Waals surface area contributed by atoms with Crippen LogP contribution in [0.5, 0.6) is 0 Å². The maximum absolute atomic E-state index is 4.79. The van der Waals surface area contributed by atoms with E-state index in [2.05, 4.69) is 19.9 Å². The molecule has 2 aromatic heterocycles. The Bertz CT molecular complexity index is 588.